The van der Waals surface area contributed by atoms with E-state index in [0.29, 0.717) is 10.8 Å². The Labute approximate surface area is 158 Å². The Morgan fingerprint density at radius 2 is 1.81 bits per heavy atom. The molecule has 0 aromatic heterocycles. The van der Waals surface area contributed by atoms with Crippen LogP contribution in [0.3, 0.4) is 0 Å². The molecule has 0 amide bonds. The molecule has 8 heteroatoms. The number of anilines is 1. The van der Waals surface area contributed by atoms with Crippen molar-refractivity contribution in [2.45, 2.75) is 18.7 Å². The predicted octanol–water partition coefficient (Wildman–Crippen LogP) is 3.42. The highest BCUT2D eigenvalue weighted by Gasteiger charge is 2.28. The van der Waals surface area contributed by atoms with E-state index in [4.69, 9.17) is 21.1 Å². The van der Waals surface area contributed by atoms with Crippen LogP contribution in [0, 0.1) is 6.92 Å². The summed E-state index contributed by atoms with van der Waals surface area (Å²) >= 11 is 6.14. The zero-order valence-electron chi connectivity index (χ0n) is 14.7. The van der Waals surface area contributed by atoms with Crippen LogP contribution in [-0.2, 0) is 19.6 Å². The normalized spacial score (nSPS) is 11.1. The molecule has 2 aromatic carbocycles. The third-order valence-corrected chi connectivity index (χ3v) is 5.86. The van der Waals surface area contributed by atoms with Crippen LogP contribution < -0.4 is 9.04 Å². The van der Waals surface area contributed by atoms with Crippen LogP contribution in [-0.4, -0.2) is 34.6 Å². The Morgan fingerprint density at radius 3 is 2.35 bits per heavy atom. The number of rotatable bonds is 7. The molecule has 0 heterocycles. The van der Waals surface area contributed by atoms with Crippen molar-refractivity contribution in [3.05, 3.63) is 53.1 Å². The second-order valence-corrected chi connectivity index (χ2v) is 7.70. The van der Waals surface area contributed by atoms with Crippen LogP contribution in [0.5, 0.6) is 5.75 Å². The number of carbonyl (C=O) groups is 1. The van der Waals surface area contributed by atoms with Crippen molar-refractivity contribution in [2.24, 2.45) is 0 Å². The number of methoxy groups -OCH3 is 1. The molecule has 0 aliphatic rings. The first-order valence-corrected chi connectivity index (χ1v) is 9.70. The highest BCUT2D eigenvalue weighted by molar-refractivity contribution is 7.92. The highest BCUT2D eigenvalue weighted by Crippen LogP contribution is 2.28. The molecule has 0 bridgehead atoms. The molecule has 2 aromatic rings. The molecule has 2 rings (SSSR count). The van der Waals surface area contributed by atoms with E-state index in [2.05, 4.69) is 0 Å². The van der Waals surface area contributed by atoms with E-state index < -0.39 is 22.5 Å². The molecule has 26 heavy (non-hydrogen) atoms. The summed E-state index contributed by atoms with van der Waals surface area (Å²) in [4.78, 5) is 12.0. The number of halogens is 1. The SMILES string of the molecule is CCOC(=O)CN(c1ccc(C)c(Cl)c1)S(=O)(=O)c1ccc(OC)cc1. The van der Waals surface area contributed by atoms with Gasteiger partial charge in [0.2, 0.25) is 0 Å². The van der Waals surface area contributed by atoms with E-state index in [9.17, 15) is 13.2 Å². The molecule has 0 spiro atoms. The van der Waals surface area contributed by atoms with Crippen LogP contribution in [0.4, 0.5) is 5.69 Å². The average Bonchev–Trinajstić information content (AvgIpc) is 2.62. The van der Waals surface area contributed by atoms with Gasteiger partial charge >= 0.3 is 5.97 Å². The number of benzene rings is 2. The number of sulfonamides is 1. The Kier molecular flexibility index (Phi) is 6.50. The number of hydrogen-bond donors (Lipinski definition) is 0. The minimum Gasteiger partial charge on any atom is -0.497 e. The van der Waals surface area contributed by atoms with Gasteiger partial charge in [0.25, 0.3) is 10.0 Å². The molecule has 0 saturated carbocycles. The average molecular weight is 398 g/mol. The van der Waals surface area contributed by atoms with Gasteiger partial charge in [0.1, 0.15) is 12.3 Å². The molecule has 0 atom stereocenters. The first-order chi connectivity index (χ1) is 12.3. The molecule has 6 nitrogen and oxygen atoms in total. The number of ether oxygens (including phenoxy) is 2. The summed E-state index contributed by atoms with van der Waals surface area (Å²) in [5.74, 6) is -0.124. The predicted molar refractivity (Wildman–Crippen MR) is 100 cm³/mol. The minimum atomic E-state index is -4.00. The summed E-state index contributed by atoms with van der Waals surface area (Å²) in [6, 6.07) is 10.7. The van der Waals surface area contributed by atoms with E-state index >= 15 is 0 Å². The fraction of sp³-hybridized carbons (Fsp3) is 0.278. The number of nitrogens with zero attached hydrogens (tertiary/aromatic N) is 1. The van der Waals surface area contributed by atoms with E-state index in [1.54, 1.807) is 26.0 Å². The third kappa shape index (κ3) is 4.47. The zero-order chi connectivity index (χ0) is 19.3. The van der Waals surface area contributed by atoms with Crippen molar-refractivity contribution in [1.29, 1.82) is 0 Å². The van der Waals surface area contributed by atoms with Crippen molar-refractivity contribution in [1.82, 2.24) is 0 Å². The second kappa shape index (κ2) is 8.42. The lowest BCUT2D eigenvalue weighted by molar-refractivity contribution is -0.141. The van der Waals surface area contributed by atoms with Crippen molar-refractivity contribution in [3.63, 3.8) is 0 Å². The van der Waals surface area contributed by atoms with Crippen LogP contribution in [0.1, 0.15) is 12.5 Å². The van der Waals surface area contributed by atoms with Gasteiger partial charge in [-0.05, 0) is 55.8 Å². The zero-order valence-corrected chi connectivity index (χ0v) is 16.3. The summed E-state index contributed by atoms with van der Waals surface area (Å²) < 4.78 is 37.2. The fourth-order valence-corrected chi connectivity index (χ4v) is 3.83. The van der Waals surface area contributed by atoms with Gasteiger partial charge in [0, 0.05) is 5.02 Å². The van der Waals surface area contributed by atoms with Gasteiger partial charge < -0.3 is 9.47 Å². The Balaban J connectivity index is 2.49. The first-order valence-electron chi connectivity index (χ1n) is 7.88. The monoisotopic (exact) mass is 397 g/mol. The van der Waals surface area contributed by atoms with Crippen molar-refractivity contribution >= 4 is 33.3 Å². The van der Waals surface area contributed by atoms with Crippen molar-refractivity contribution in [2.75, 3.05) is 24.6 Å². The van der Waals surface area contributed by atoms with Gasteiger partial charge in [-0.3, -0.25) is 9.10 Å². The largest absolute Gasteiger partial charge is 0.497 e. The number of carbonyl (C=O) groups excluding carboxylic acids is 1. The molecular formula is C18H20ClNO5S. The summed E-state index contributed by atoms with van der Waals surface area (Å²) in [6.07, 6.45) is 0. The van der Waals surface area contributed by atoms with Gasteiger partial charge in [0.05, 0.1) is 24.3 Å². The maximum atomic E-state index is 13.1. The quantitative estimate of drug-likeness (QED) is 0.669. The lowest BCUT2D eigenvalue weighted by atomic mass is 10.2. The van der Waals surface area contributed by atoms with Crippen molar-refractivity contribution in [3.8, 4) is 5.75 Å². The maximum absolute atomic E-state index is 13.1. The van der Waals surface area contributed by atoms with E-state index in [0.717, 1.165) is 9.87 Å². The van der Waals surface area contributed by atoms with Gasteiger partial charge in [0.15, 0.2) is 0 Å². The van der Waals surface area contributed by atoms with Gasteiger partial charge in [-0.25, -0.2) is 8.42 Å². The number of esters is 1. The molecule has 0 aliphatic carbocycles. The molecule has 0 saturated heterocycles. The van der Waals surface area contributed by atoms with Crippen LogP contribution in [0.25, 0.3) is 0 Å². The molecule has 0 unspecified atom stereocenters. The third-order valence-electron chi connectivity index (χ3n) is 3.67. The van der Waals surface area contributed by atoms with E-state index in [1.165, 1.54) is 37.4 Å². The summed E-state index contributed by atoms with van der Waals surface area (Å²) in [6.45, 7) is 3.16. The van der Waals surface area contributed by atoms with Crippen LogP contribution in [0.15, 0.2) is 47.4 Å². The summed E-state index contributed by atoms with van der Waals surface area (Å²) in [5, 5.41) is 0.404. The van der Waals surface area contributed by atoms with Crippen molar-refractivity contribution < 1.29 is 22.7 Å². The highest BCUT2D eigenvalue weighted by atomic mass is 35.5. The Hall–Kier alpha value is -2.25. The molecule has 0 fully saturated rings. The van der Waals surface area contributed by atoms with E-state index in [-0.39, 0.29) is 17.2 Å². The maximum Gasteiger partial charge on any atom is 0.326 e. The Bertz CT molecular complexity index is 881. The minimum absolute atomic E-state index is 0.0271. The van der Waals surface area contributed by atoms with Gasteiger partial charge in [-0.2, -0.15) is 0 Å². The Morgan fingerprint density at radius 1 is 1.15 bits per heavy atom. The molecular weight excluding hydrogens is 378 g/mol. The van der Waals surface area contributed by atoms with Gasteiger partial charge in [-0.15, -0.1) is 0 Å². The molecule has 0 aliphatic heterocycles. The molecule has 0 N–H and O–H groups in total. The standard InChI is InChI=1S/C18H20ClNO5S/c1-4-25-18(21)12-20(14-6-5-13(2)17(19)11-14)26(22,23)16-9-7-15(24-3)8-10-16/h5-11H,4,12H2,1-3H3. The number of hydrogen-bond acceptors (Lipinski definition) is 5. The lowest BCUT2D eigenvalue weighted by Gasteiger charge is -2.24. The number of aryl methyl sites for hydroxylation is 1. The lowest BCUT2D eigenvalue weighted by Crippen LogP contribution is -2.36. The molecule has 140 valence electrons. The van der Waals surface area contributed by atoms with E-state index in [1.807, 2.05) is 0 Å². The van der Waals surface area contributed by atoms with Gasteiger partial charge in [-0.1, -0.05) is 17.7 Å². The molecule has 0 radical (unpaired) electrons. The summed E-state index contributed by atoms with van der Waals surface area (Å²) in [7, 11) is -2.51. The van der Waals surface area contributed by atoms with Crippen LogP contribution >= 0.6 is 11.6 Å². The smallest absolute Gasteiger partial charge is 0.326 e. The van der Waals surface area contributed by atoms with Crippen LogP contribution in [0.2, 0.25) is 5.02 Å². The fourth-order valence-electron chi connectivity index (χ4n) is 2.25. The first kappa shape index (κ1) is 20.1. The topological polar surface area (TPSA) is 72.9 Å². The second-order valence-electron chi connectivity index (χ2n) is 5.43. The summed E-state index contributed by atoms with van der Waals surface area (Å²) in [5.41, 5.74) is 1.08.